The van der Waals surface area contributed by atoms with Crippen LogP contribution in [0.1, 0.15) is 132 Å². The Morgan fingerprint density at radius 1 is 0.706 bits per heavy atom. The van der Waals surface area contributed by atoms with Gasteiger partial charge in [0.2, 0.25) is 0 Å². The number of fused-ring (bicyclic) bond motifs is 1. The van der Waals surface area contributed by atoms with Crippen molar-refractivity contribution in [3.8, 4) is 11.5 Å². The normalized spacial score (nSPS) is 17.2. The summed E-state index contributed by atoms with van der Waals surface area (Å²) < 4.78 is 44.2. The van der Waals surface area contributed by atoms with Crippen molar-refractivity contribution in [3.63, 3.8) is 0 Å². The van der Waals surface area contributed by atoms with Crippen molar-refractivity contribution in [1.82, 2.24) is 0 Å². The number of benzene rings is 3. The van der Waals surface area contributed by atoms with E-state index in [1.807, 2.05) is 60.7 Å². The zero-order valence-corrected chi connectivity index (χ0v) is 33.7. The van der Waals surface area contributed by atoms with Gasteiger partial charge in [-0.05, 0) is 98.9 Å². The highest BCUT2D eigenvalue weighted by atomic mass is 31.2. The fraction of sp³-hybridized carbons (Fsp3) is 0.591. The Kier molecular flexibility index (Phi) is 16.1. The predicted molar refractivity (Wildman–Crippen MR) is 209 cm³/mol. The second-order valence-corrected chi connectivity index (χ2v) is 17.4. The van der Waals surface area contributed by atoms with Crippen LogP contribution in [0.5, 0.6) is 11.5 Å². The maximum absolute atomic E-state index is 13.8. The van der Waals surface area contributed by atoms with Crippen LogP contribution in [-0.4, -0.2) is 12.4 Å². The van der Waals surface area contributed by atoms with E-state index in [1.165, 1.54) is 56.9 Å². The molecule has 6 nitrogen and oxygen atoms in total. The van der Waals surface area contributed by atoms with Gasteiger partial charge in [-0.1, -0.05) is 133 Å². The van der Waals surface area contributed by atoms with Gasteiger partial charge in [0, 0.05) is 5.56 Å². The van der Waals surface area contributed by atoms with E-state index in [0.717, 1.165) is 76.3 Å². The summed E-state index contributed by atoms with van der Waals surface area (Å²) in [5.74, 6) is 4.15. The molecule has 0 saturated carbocycles. The Bertz CT molecular complexity index is 1480. The molecule has 282 valence electrons. The van der Waals surface area contributed by atoms with Gasteiger partial charge in [0.25, 0.3) is 0 Å². The van der Waals surface area contributed by atoms with Gasteiger partial charge in [-0.15, -0.1) is 0 Å². The van der Waals surface area contributed by atoms with E-state index in [2.05, 4.69) is 55.4 Å². The smallest absolute Gasteiger partial charge is 0.478 e. The van der Waals surface area contributed by atoms with Gasteiger partial charge in [-0.2, -0.15) is 0 Å². The second kappa shape index (κ2) is 20.0. The van der Waals surface area contributed by atoms with E-state index in [0.29, 0.717) is 0 Å². The highest BCUT2D eigenvalue weighted by molar-refractivity contribution is 7.48. The van der Waals surface area contributed by atoms with Gasteiger partial charge in [0.05, 0.1) is 13.2 Å². The molecule has 1 aliphatic rings. The average molecular weight is 721 g/mol. The van der Waals surface area contributed by atoms with Crippen LogP contribution < -0.4 is 9.47 Å². The Morgan fingerprint density at radius 3 is 1.78 bits per heavy atom. The van der Waals surface area contributed by atoms with Gasteiger partial charge in [0.1, 0.15) is 17.1 Å². The standard InChI is InChI=1S/C44H65O6P/c1-33(2)18-15-19-34(3)20-16-21-35(4)22-17-28-44(8)29-27-41-38(7)42(36(5)37(6)43(41)50-44)46-32-49-51(45,47-30-39-23-11-9-12-24-39)48-31-40-25-13-10-14-26-40/h9-14,23-26,33-35H,15-22,27-32H2,1-8H3/t34-,35-,44-/m1/s1. The van der Waals surface area contributed by atoms with Crippen molar-refractivity contribution >= 4 is 7.82 Å². The molecule has 0 N–H and O–H groups in total. The first kappa shape index (κ1) is 41.1. The molecule has 0 saturated heterocycles. The molecule has 0 unspecified atom stereocenters. The zero-order chi connectivity index (χ0) is 36.9. The van der Waals surface area contributed by atoms with Crippen molar-refractivity contribution in [2.24, 2.45) is 17.8 Å². The lowest BCUT2D eigenvalue weighted by Crippen LogP contribution is -2.37. The Balaban J connectivity index is 1.30. The lowest BCUT2D eigenvalue weighted by molar-refractivity contribution is 0.0414. The maximum atomic E-state index is 13.8. The average Bonchev–Trinajstić information content (AvgIpc) is 3.11. The molecular weight excluding hydrogens is 655 g/mol. The summed E-state index contributed by atoms with van der Waals surface area (Å²) in [5, 5.41) is 0. The topological polar surface area (TPSA) is 63.2 Å². The Hall–Kier alpha value is -2.63. The lowest BCUT2D eigenvalue weighted by Gasteiger charge is -2.38. The third kappa shape index (κ3) is 13.1. The van der Waals surface area contributed by atoms with E-state index in [-0.39, 0.29) is 25.6 Å². The van der Waals surface area contributed by atoms with E-state index >= 15 is 0 Å². The van der Waals surface area contributed by atoms with Gasteiger partial charge < -0.3 is 9.47 Å². The van der Waals surface area contributed by atoms with Crippen molar-refractivity contribution in [3.05, 3.63) is 94.0 Å². The Labute approximate surface area is 309 Å². The van der Waals surface area contributed by atoms with Gasteiger partial charge in [-0.25, -0.2) is 9.09 Å². The number of hydrogen-bond donors (Lipinski definition) is 0. The molecule has 7 heteroatoms. The maximum Gasteiger partial charge on any atom is 0.478 e. The highest BCUT2D eigenvalue weighted by Crippen LogP contribution is 2.51. The molecule has 0 aliphatic carbocycles. The molecule has 0 radical (unpaired) electrons. The fourth-order valence-corrected chi connectivity index (χ4v) is 8.21. The van der Waals surface area contributed by atoms with E-state index in [9.17, 15) is 4.57 Å². The summed E-state index contributed by atoms with van der Waals surface area (Å²) in [6, 6.07) is 19.1. The van der Waals surface area contributed by atoms with E-state index < -0.39 is 7.82 Å². The van der Waals surface area contributed by atoms with E-state index in [4.69, 9.17) is 23.0 Å². The number of rotatable bonds is 22. The SMILES string of the molecule is Cc1c(C)c2c(c(C)c1OCOP(=O)(OCc1ccccc1)OCc1ccccc1)CC[C@@](C)(CCC[C@H](C)CCC[C@H](C)CCCC(C)C)O2. The van der Waals surface area contributed by atoms with Crippen LogP contribution in [-0.2, 0) is 37.8 Å². The minimum atomic E-state index is -3.96. The van der Waals surface area contributed by atoms with E-state index in [1.54, 1.807) is 0 Å². The molecule has 51 heavy (non-hydrogen) atoms. The van der Waals surface area contributed by atoms with Gasteiger partial charge in [-0.3, -0.25) is 9.05 Å². The Morgan fingerprint density at radius 2 is 1.24 bits per heavy atom. The van der Waals surface area contributed by atoms with Crippen LogP contribution in [0.15, 0.2) is 60.7 Å². The van der Waals surface area contributed by atoms with Gasteiger partial charge in [0.15, 0.2) is 6.79 Å². The summed E-state index contributed by atoms with van der Waals surface area (Å²) in [7, 11) is -3.96. The predicted octanol–water partition coefficient (Wildman–Crippen LogP) is 13.0. The molecule has 0 bridgehead atoms. The van der Waals surface area contributed by atoms with Crippen LogP contribution in [0, 0.1) is 38.5 Å². The molecule has 3 aromatic rings. The molecule has 0 fully saturated rings. The summed E-state index contributed by atoms with van der Waals surface area (Å²) in [4.78, 5) is 0. The summed E-state index contributed by atoms with van der Waals surface area (Å²) >= 11 is 0. The van der Waals surface area contributed by atoms with Crippen LogP contribution in [0.2, 0.25) is 0 Å². The molecule has 0 spiro atoms. The molecule has 0 amide bonds. The minimum Gasteiger partial charge on any atom is -0.487 e. The highest BCUT2D eigenvalue weighted by Gasteiger charge is 2.35. The number of phosphoric ester groups is 1. The lowest BCUT2D eigenvalue weighted by atomic mass is 9.83. The minimum absolute atomic E-state index is 0.0931. The molecule has 1 heterocycles. The van der Waals surface area contributed by atoms with Crippen LogP contribution >= 0.6 is 7.82 Å². The summed E-state index contributed by atoms with van der Waals surface area (Å²) in [5.41, 5.74) is 5.87. The monoisotopic (exact) mass is 720 g/mol. The van der Waals surface area contributed by atoms with Crippen LogP contribution in [0.4, 0.5) is 0 Å². The fourth-order valence-electron chi connectivity index (χ4n) is 7.19. The summed E-state index contributed by atoms with van der Waals surface area (Å²) in [6.45, 7) is 18.0. The molecular formula is C44H65O6P. The molecule has 3 atom stereocenters. The van der Waals surface area contributed by atoms with Crippen molar-refractivity contribution < 1.29 is 27.6 Å². The first-order chi connectivity index (χ1) is 24.4. The first-order valence-electron chi connectivity index (χ1n) is 19.4. The van der Waals surface area contributed by atoms with Crippen molar-refractivity contribution in [2.75, 3.05) is 6.79 Å². The van der Waals surface area contributed by atoms with Crippen molar-refractivity contribution in [2.45, 2.75) is 145 Å². The zero-order valence-electron chi connectivity index (χ0n) is 32.8. The largest absolute Gasteiger partial charge is 0.487 e. The molecule has 4 rings (SSSR count). The molecule has 0 aromatic heterocycles. The molecule has 1 aliphatic heterocycles. The van der Waals surface area contributed by atoms with Gasteiger partial charge >= 0.3 is 7.82 Å². The number of hydrogen-bond acceptors (Lipinski definition) is 6. The quantitative estimate of drug-likeness (QED) is 0.0760. The third-order valence-corrected chi connectivity index (χ3v) is 12.0. The van der Waals surface area contributed by atoms with Crippen LogP contribution in [0.3, 0.4) is 0 Å². The number of ether oxygens (including phenoxy) is 2. The third-order valence-electron chi connectivity index (χ3n) is 10.7. The number of phosphoric acid groups is 1. The first-order valence-corrected chi connectivity index (χ1v) is 20.9. The van der Waals surface area contributed by atoms with Crippen LogP contribution in [0.25, 0.3) is 0 Å². The second-order valence-electron chi connectivity index (χ2n) is 15.8. The van der Waals surface area contributed by atoms with Crippen molar-refractivity contribution in [1.29, 1.82) is 0 Å². The molecule has 3 aromatic carbocycles. The summed E-state index contributed by atoms with van der Waals surface area (Å²) in [6.07, 6.45) is 13.5.